The van der Waals surface area contributed by atoms with Crippen molar-refractivity contribution in [1.29, 1.82) is 0 Å². The molecule has 0 unspecified atom stereocenters. The van der Waals surface area contributed by atoms with Gasteiger partial charge in [-0.05, 0) is 24.8 Å². The summed E-state index contributed by atoms with van der Waals surface area (Å²) < 4.78 is 1.52. The molecule has 136 valence electrons. The summed E-state index contributed by atoms with van der Waals surface area (Å²) in [7, 11) is 0. The lowest BCUT2D eigenvalue weighted by Gasteiger charge is -2.17. The first-order valence-electron chi connectivity index (χ1n) is 8.99. The Bertz CT molecular complexity index is 1140. The Labute approximate surface area is 161 Å². The van der Waals surface area contributed by atoms with Gasteiger partial charge < -0.3 is 5.32 Å². The van der Waals surface area contributed by atoms with Crippen LogP contribution in [0.2, 0.25) is 0 Å². The lowest BCUT2D eigenvalue weighted by Crippen LogP contribution is -2.27. The van der Waals surface area contributed by atoms with E-state index >= 15 is 0 Å². The molecule has 3 heterocycles. The van der Waals surface area contributed by atoms with E-state index in [2.05, 4.69) is 27.7 Å². The molecular weight excluding hydrogens is 356 g/mol. The first kappa shape index (κ1) is 17.4. The van der Waals surface area contributed by atoms with Gasteiger partial charge in [0.2, 0.25) is 0 Å². The first-order valence-corrected chi connectivity index (χ1v) is 9.93. The van der Waals surface area contributed by atoms with Crippen molar-refractivity contribution in [2.24, 2.45) is 0 Å². The Morgan fingerprint density at radius 2 is 2.00 bits per heavy atom. The highest BCUT2D eigenvalue weighted by Gasteiger charge is 2.18. The van der Waals surface area contributed by atoms with E-state index < -0.39 is 0 Å². The molecule has 3 aromatic heterocycles. The highest BCUT2D eigenvalue weighted by atomic mass is 32.1. The fourth-order valence-corrected chi connectivity index (χ4v) is 3.91. The number of aromatic nitrogens is 3. The van der Waals surface area contributed by atoms with Gasteiger partial charge in [-0.15, -0.1) is 0 Å². The molecule has 0 atom stereocenters. The van der Waals surface area contributed by atoms with Gasteiger partial charge in [0.15, 0.2) is 0 Å². The number of nitrogens with one attached hydrogen (secondary N) is 1. The first-order chi connectivity index (χ1) is 13.2. The quantitative estimate of drug-likeness (QED) is 0.541. The van der Waals surface area contributed by atoms with Gasteiger partial charge in [0, 0.05) is 40.0 Å². The number of pyridine rings is 1. The van der Waals surface area contributed by atoms with Gasteiger partial charge >= 0.3 is 0 Å². The molecule has 27 heavy (non-hydrogen) atoms. The van der Waals surface area contributed by atoms with Gasteiger partial charge in [0.25, 0.3) is 5.56 Å². The number of thiophene rings is 1. The number of rotatable bonds is 5. The largest absolute Gasteiger partial charge is 0.349 e. The third-order valence-corrected chi connectivity index (χ3v) is 5.32. The molecule has 0 aliphatic rings. The Hall–Kier alpha value is -2.99. The molecule has 5 nitrogen and oxygen atoms in total. The average Bonchev–Trinajstić information content (AvgIpc) is 3.24. The second kappa shape index (κ2) is 7.32. The molecule has 4 aromatic rings. The van der Waals surface area contributed by atoms with Crippen molar-refractivity contribution >= 4 is 33.5 Å². The number of nitrogens with zero attached hydrogens (tertiary/aromatic N) is 3. The number of anilines is 2. The summed E-state index contributed by atoms with van der Waals surface area (Å²) in [6.07, 6.45) is 4.30. The predicted molar refractivity (Wildman–Crippen MR) is 112 cm³/mol. The molecule has 0 aliphatic heterocycles. The molecule has 0 amide bonds. The number of benzene rings is 1. The maximum Gasteiger partial charge on any atom is 0.290 e. The molecule has 0 aliphatic carbocycles. The minimum atomic E-state index is -0.110. The molecule has 0 fully saturated rings. The average molecular weight is 376 g/mol. The van der Waals surface area contributed by atoms with Crippen molar-refractivity contribution < 1.29 is 0 Å². The monoisotopic (exact) mass is 376 g/mol. The van der Waals surface area contributed by atoms with Crippen molar-refractivity contribution in [3.8, 4) is 11.3 Å². The molecule has 0 saturated heterocycles. The van der Waals surface area contributed by atoms with Crippen molar-refractivity contribution in [3.63, 3.8) is 0 Å². The second-order valence-electron chi connectivity index (χ2n) is 6.22. The number of hydrogen-bond donors (Lipinski definition) is 1. The van der Waals surface area contributed by atoms with Crippen molar-refractivity contribution in [3.05, 3.63) is 69.4 Å². The standard InChI is InChI=1S/C21H20N4OS/c1-3-16-19(15-9-10-27-13-15)24-25(4-2)21(26)20(16)23-18-12-22-11-14-7-5-6-8-17(14)18/h5-13,23H,3-4H2,1-2H3. The Morgan fingerprint density at radius 1 is 1.15 bits per heavy atom. The van der Waals surface area contributed by atoms with Crippen molar-refractivity contribution in [1.82, 2.24) is 14.8 Å². The predicted octanol–water partition coefficient (Wildman–Crippen LogP) is 4.85. The maximum absolute atomic E-state index is 13.1. The minimum absolute atomic E-state index is 0.110. The molecule has 0 bridgehead atoms. The van der Waals surface area contributed by atoms with E-state index in [1.807, 2.05) is 48.8 Å². The molecule has 1 aromatic carbocycles. The van der Waals surface area contributed by atoms with Crippen LogP contribution in [0.3, 0.4) is 0 Å². The highest BCUT2D eigenvalue weighted by molar-refractivity contribution is 7.08. The summed E-state index contributed by atoms with van der Waals surface area (Å²) in [6.45, 7) is 4.50. The minimum Gasteiger partial charge on any atom is -0.349 e. The van der Waals surface area contributed by atoms with Crippen LogP contribution in [0.15, 0.2) is 58.3 Å². The van der Waals surface area contributed by atoms with Crippen LogP contribution in [0.25, 0.3) is 22.0 Å². The fourth-order valence-electron chi connectivity index (χ4n) is 3.27. The van der Waals surface area contributed by atoms with E-state index in [0.717, 1.165) is 33.3 Å². The molecule has 0 saturated carbocycles. The molecule has 4 rings (SSSR count). The Morgan fingerprint density at radius 3 is 2.74 bits per heavy atom. The van der Waals surface area contributed by atoms with E-state index in [4.69, 9.17) is 0 Å². The summed E-state index contributed by atoms with van der Waals surface area (Å²) in [5.74, 6) is 0. The highest BCUT2D eigenvalue weighted by Crippen LogP contribution is 2.30. The van der Waals surface area contributed by atoms with E-state index in [1.54, 1.807) is 17.5 Å². The topological polar surface area (TPSA) is 59.8 Å². The zero-order valence-electron chi connectivity index (χ0n) is 15.3. The number of aryl methyl sites for hydroxylation is 1. The van der Waals surface area contributed by atoms with E-state index in [-0.39, 0.29) is 5.56 Å². The van der Waals surface area contributed by atoms with Crippen molar-refractivity contribution in [2.75, 3.05) is 5.32 Å². The van der Waals surface area contributed by atoms with Crippen molar-refractivity contribution in [2.45, 2.75) is 26.8 Å². The number of fused-ring (bicyclic) bond motifs is 1. The fraction of sp³-hybridized carbons (Fsp3) is 0.190. The summed E-state index contributed by atoms with van der Waals surface area (Å²) in [5, 5.41) is 14.2. The Balaban J connectivity index is 1.94. The summed E-state index contributed by atoms with van der Waals surface area (Å²) in [4.78, 5) is 17.4. The number of hydrogen-bond acceptors (Lipinski definition) is 5. The van der Waals surface area contributed by atoms with E-state index in [9.17, 15) is 4.79 Å². The smallest absolute Gasteiger partial charge is 0.290 e. The SMILES string of the molecule is CCc1c(-c2ccsc2)nn(CC)c(=O)c1Nc1cncc2ccccc12. The third-order valence-electron chi connectivity index (χ3n) is 4.63. The lowest BCUT2D eigenvalue weighted by atomic mass is 10.0. The van der Waals surface area contributed by atoms with Gasteiger partial charge in [0.05, 0.1) is 17.6 Å². The van der Waals surface area contributed by atoms with Crippen LogP contribution in [0.5, 0.6) is 0 Å². The van der Waals surface area contributed by atoms with E-state index in [1.165, 1.54) is 4.68 Å². The van der Waals surface area contributed by atoms with Crippen LogP contribution in [-0.4, -0.2) is 14.8 Å². The summed E-state index contributed by atoms with van der Waals surface area (Å²) >= 11 is 1.63. The molecule has 0 radical (unpaired) electrons. The van der Waals surface area contributed by atoms with E-state index in [0.29, 0.717) is 18.7 Å². The lowest BCUT2D eigenvalue weighted by molar-refractivity contribution is 0.617. The van der Waals surface area contributed by atoms with Crippen LogP contribution in [0.4, 0.5) is 11.4 Å². The maximum atomic E-state index is 13.1. The normalized spacial score (nSPS) is 11.0. The van der Waals surface area contributed by atoms with Crippen LogP contribution in [0.1, 0.15) is 19.4 Å². The van der Waals surface area contributed by atoms with Gasteiger partial charge in [-0.3, -0.25) is 9.78 Å². The van der Waals surface area contributed by atoms with Crippen LogP contribution >= 0.6 is 11.3 Å². The zero-order chi connectivity index (χ0) is 18.8. The van der Waals surface area contributed by atoms with Crippen LogP contribution in [0, 0.1) is 0 Å². The second-order valence-corrected chi connectivity index (χ2v) is 7.00. The van der Waals surface area contributed by atoms with Crippen LogP contribution < -0.4 is 10.9 Å². The van der Waals surface area contributed by atoms with Gasteiger partial charge in [0.1, 0.15) is 5.69 Å². The summed E-state index contributed by atoms with van der Waals surface area (Å²) in [6, 6.07) is 10.1. The third kappa shape index (κ3) is 3.13. The van der Waals surface area contributed by atoms with Crippen LogP contribution in [-0.2, 0) is 13.0 Å². The molecular formula is C21H20N4OS. The molecule has 6 heteroatoms. The zero-order valence-corrected chi connectivity index (χ0v) is 16.1. The summed E-state index contributed by atoms with van der Waals surface area (Å²) in [5.41, 5.74) is 4.12. The van der Waals surface area contributed by atoms with Gasteiger partial charge in [-0.2, -0.15) is 16.4 Å². The molecule has 1 N–H and O–H groups in total. The van der Waals surface area contributed by atoms with Gasteiger partial charge in [-0.1, -0.05) is 31.2 Å². The van der Waals surface area contributed by atoms with Gasteiger partial charge in [-0.25, -0.2) is 4.68 Å². The molecule has 0 spiro atoms. The Kier molecular flexibility index (Phi) is 4.73.